The predicted molar refractivity (Wildman–Crippen MR) is 57.1 cm³/mol. The zero-order valence-corrected chi connectivity index (χ0v) is 8.77. The minimum Gasteiger partial charge on any atom is -0.379 e. The number of methoxy groups -OCH3 is 1. The van der Waals surface area contributed by atoms with E-state index in [1.54, 1.807) is 23.9 Å². The molecule has 1 aromatic rings. The Labute approximate surface area is 88.7 Å². The molecule has 0 bridgehead atoms. The second kappa shape index (κ2) is 4.06. The molecule has 0 spiro atoms. The van der Waals surface area contributed by atoms with Crippen LogP contribution in [-0.4, -0.2) is 17.8 Å². The number of hydrogen-bond donors (Lipinski definition) is 0. The maximum absolute atomic E-state index is 11.7. The SMILES string of the molecule is CO[C@@H]1CCCC1n1cccc([NH])c1=O. The van der Waals surface area contributed by atoms with Crippen molar-refractivity contribution in [2.24, 2.45) is 0 Å². The summed E-state index contributed by atoms with van der Waals surface area (Å²) in [5, 5.41) is 0. The first-order chi connectivity index (χ1) is 7.24. The van der Waals surface area contributed by atoms with E-state index in [0.29, 0.717) is 0 Å². The molecule has 1 fully saturated rings. The number of nitrogens with zero attached hydrogens (tertiary/aromatic N) is 1. The summed E-state index contributed by atoms with van der Waals surface area (Å²) in [5.41, 5.74) is 7.31. The van der Waals surface area contributed by atoms with Crippen LogP contribution in [0, 0.1) is 0 Å². The molecule has 4 heteroatoms. The average molecular weight is 207 g/mol. The molecular formula is C11H15N2O2. The van der Waals surface area contributed by atoms with Crippen LogP contribution in [-0.2, 0) is 4.74 Å². The van der Waals surface area contributed by atoms with Crippen molar-refractivity contribution in [2.75, 3.05) is 7.11 Å². The van der Waals surface area contributed by atoms with E-state index in [2.05, 4.69) is 0 Å². The third-order valence-corrected chi connectivity index (χ3v) is 3.05. The predicted octanol–water partition coefficient (Wildman–Crippen LogP) is 1.50. The molecule has 81 valence electrons. The third-order valence-electron chi connectivity index (χ3n) is 3.05. The lowest BCUT2D eigenvalue weighted by Gasteiger charge is -2.20. The maximum Gasteiger partial charge on any atom is 0.276 e. The van der Waals surface area contributed by atoms with Crippen LogP contribution in [0.1, 0.15) is 25.3 Å². The van der Waals surface area contributed by atoms with E-state index in [4.69, 9.17) is 10.5 Å². The van der Waals surface area contributed by atoms with Crippen LogP contribution in [0.3, 0.4) is 0 Å². The first kappa shape index (κ1) is 10.2. The van der Waals surface area contributed by atoms with Gasteiger partial charge in [-0.2, -0.15) is 0 Å². The summed E-state index contributed by atoms with van der Waals surface area (Å²) in [6.45, 7) is 0. The lowest BCUT2D eigenvalue weighted by atomic mass is 10.2. The third kappa shape index (κ3) is 1.77. The van der Waals surface area contributed by atoms with Crippen molar-refractivity contribution in [1.82, 2.24) is 10.3 Å². The molecule has 2 rings (SSSR count). The van der Waals surface area contributed by atoms with Gasteiger partial charge in [0.1, 0.15) is 5.69 Å². The van der Waals surface area contributed by atoms with Crippen LogP contribution >= 0.6 is 0 Å². The Hall–Kier alpha value is -1.29. The Kier molecular flexibility index (Phi) is 2.77. The van der Waals surface area contributed by atoms with E-state index < -0.39 is 0 Å². The second-order valence-electron chi connectivity index (χ2n) is 3.91. The minimum atomic E-state index is -0.216. The molecule has 1 N–H and O–H groups in total. The van der Waals surface area contributed by atoms with Crippen molar-refractivity contribution >= 4 is 5.69 Å². The number of nitrogens with one attached hydrogen (secondary N) is 1. The average Bonchev–Trinajstić information content (AvgIpc) is 2.70. The van der Waals surface area contributed by atoms with Gasteiger partial charge in [-0.3, -0.25) is 10.5 Å². The van der Waals surface area contributed by atoms with Gasteiger partial charge in [-0.05, 0) is 31.4 Å². The molecule has 1 heterocycles. The number of ether oxygens (including phenoxy) is 1. The fourth-order valence-corrected chi connectivity index (χ4v) is 2.27. The molecular weight excluding hydrogens is 192 g/mol. The van der Waals surface area contributed by atoms with Gasteiger partial charge in [0, 0.05) is 13.3 Å². The molecule has 4 nitrogen and oxygen atoms in total. The Bertz CT molecular complexity index is 400. The van der Waals surface area contributed by atoms with Crippen LogP contribution in [0.4, 0.5) is 5.69 Å². The van der Waals surface area contributed by atoms with Gasteiger partial charge in [-0.25, -0.2) is 0 Å². The van der Waals surface area contributed by atoms with Crippen molar-refractivity contribution in [3.63, 3.8) is 0 Å². The number of hydrogen-bond acceptors (Lipinski definition) is 2. The molecule has 0 amide bonds. The largest absolute Gasteiger partial charge is 0.379 e. The smallest absolute Gasteiger partial charge is 0.276 e. The number of pyridine rings is 1. The normalized spacial score (nSPS) is 25.7. The van der Waals surface area contributed by atoms with E-state index in [-0.39, 0.29) is 23.4 Å². The molecule has 0 saturated heterocycles. The van der Waals surface area contributed by atoms with Crippen LogP contribution < -0.4 is 11.3 Å². The van der Waals surface area contributed by atoms with Crippen LogP contribution in [0.5, 0.6) is 0 Å². The monoisotopic (exact) mass is 207 g/mol. The Morgan fingerprint density at radius 3 is 3.07 bits per heavy atom. The van der Waals surface area contributed by atoms with Crippen LogP contribution in [0.15, 0.2) is 23.1 Å². The Morgan fingerprint density at radius 1 is 1.53 bits per heavy atom. The summed E-state index contributed by atoms with van der Waals surface area (Å²) in [6.07, 6.45) is 4.90. The lowest BCUT2D eigenvalue weighted by Crippen LogP contribution is -2.29. The number of aromatic nitrogens is 1. The molecule has 1 aliphatic rings. The van der Waals surface area contributed by atoms with Gasteiger partial charge in [0.15, 0.2) is 0 Å². The quantitative estimate of drug-likeness (QED) is 0.738. The van der Waals surface area contributed by atoms with E-state index in [1.807, 2.05) is 0 Å². The fraction of sp³-hybridized carbons (Fsp3) is 0.545. The number of rotatable bonds is 2. The van der Waals surface area contributed by atoms with Crippen LogP contribution in [0.25, 0.3) is 0 Å². The van der Waals surface area contributed by atoms with Gasteiger partial charge < -0.3 is 9.30 Å². The Balaban J connectivity index is 2.37. The Morgan fingerprint density at radius 2 is 2.33 bits per heavy atom. The first-order valence-electron chi connectivity index (χ1n) is 5.19. The lowest BCUT2D eigenvalue weighted by molar-refractivity contribution is 0.0739. The molecule has 1 aliphatic carbocycles. The van der Waals surface area contributed by atoms with Crippen LogP contribution in [0.2, 0.25) is 0 Å². The van der Waals surface area contributed by atoms with Gasteiger partial charge >= 0.3 is 0 Å². The molecule has 1 saturated carbocycles. The first-order valence-corrected chi connectivity index (χ1v) is 5.19. The second-order valence-corrected chi connectivity index (χ2v) is 3.91. The fourth-order valence-electron chi connectivity index (χ4n) is 2.27. The zero-order valence-electron chi connectivity index (χ0n) is 8.77. The van der Waals surface area contributed by atoms with E-state index in [1.165, 1.54) is 6.07 Å². The van der Waals surface area contributed by atoms with Crippen molar-refractivity contribution in [3.05, 3.63) is 28.7 Å². The summed E-state index contributed by atoms with van der Waals surface area (Å²) in [6, 6.07) is 3.37. The van der Waals surface area contributed by atoms with E-state index in [9.17, 15) is 4.79 Å². The topological polar surface area (TPSA) is 55.0 Å². The molecule has 1 radical (unpaired) electrons. The zero-order chi connectivity index (χ0) is 10.8. The summed E-state index contributed by atoms with van der Waals surface area (Å²) >= 11 is 0. The molecule has 15 heavy (non-hydrogen) atoms. The van der Waals surface area contributed by atoms with Gasteiger partial charge in [-0.15, -0.1) is 0 Å². The molecule has 0 aliphatic heterocycles. The van der Waals surface area contributed by atoms with Gasteiger partial charge in [0.2, 0.25) is 0 Å². The standard InChI is InChI=1S/C11H15N2O2/c1-15-10-6-2-5-9(10)13-7-3-4-8(12)11(13)14/h3-4,7,9-10,12H,2,5-6H2,1H3/t9?,10-/m1/s1. The summed E-state index contributed by atoms with van der Waals surface area (Å²) in [5.74, 6) is 0. The highest BCUT2D eigenvalue weighted by Gasteiger charge is 2.29. The van der Waals surface area contributed by atoms with Crippen molar-refractivity contribution < 1.29 is 4.74 Å². The highest BCUT2D eigenvalue weighted by Crippen LogP contribution is 2.31. The highest BCUT2D eigenvalue weighted by atomic mass is 16.5. The highest BCUT2D eigenvalue weighted by molar-refractivity contribution is 5.29. The molecule has 2 atom stereocenters. The van der Waals surface area contributed by atoms with E-state index >= 15 is 0 Å². The summed E-state index contributed by atoms with van der Waals surface area (Å²) in [4.78, 5) is 11.7. The molecule has 1 unspecified atom stereocenters. The maximum atomic E-state index is 11.7. The van der Waals surface area contributed by atoms with Crippen molar-refractivity contribution in [3.8, 4) is 0 Å². The van der Waals surface area contributed by atoms with E-state index in [0.717, 1.165) is 19.3 Å². The van der Waals surface area contributed by atoms with Gasteiger partial charge in [-0.1, -0.05) is 0 Å². The molecule has 1 aromatic heterocycles. The van der Waals surface area contributed by atoms with Gasteiger partial charge in [0.05, 0.1) is 12.1 Å². The summed E-state index contributed by atoms with van der Waals surface area (Å²) < 4.78 is 6.99. The summed E-state index contributed by atoms with van der Waals surface area (Å²) in [7, 11) is 1.68. The van der Waals surface area contributed by atoms with Crippen molar-refractivity contribution in [1.29, 1.82) is 0 Å². The van der Waals surface area contributed by atoms with Gasteiger partial charge in [0.25, 0.3) is 5.56 Å². The van der Waals surface area contributed by atoms with Crippen molar-refractivity contribution in [2.45, 2.75) is 31.4 Å². The molecule has 0 aromatic carbocycles. The minimum absolute atomic E-state index is 0.0549.